The van der Waals surface area contributed by atoms with Crippen molar-refractivity contribution >= 4 is 5.78 Å². The molecule has 116 valence electrons. The fraction of sp³-hybridized carbons (Fsp3) is 0.947. The number of ether oxygens (including phenoxy) is 1. The minimum Gasteiger partial charge on any atom is -0.370 e. The number of Topliss-reactive ketones (excluding diaryl/α,β-unsaturated/α-hetero) is 1. The van der Waals surface area contributed by atoms with E-state index in [9.17, 15) is 4.79 Å². The van der Waals surface area contributed by atoms with E-state index in [4.69, 9.17) is 4.74 Å². The van der Waals surface area contributed by atoms with Gasteiger partial charge in [-0.1, -0.05) is 13.8 Å². The van der Waals surface area contributed by atoms with E-state index in [2.05, 4.69) is 13.8 Å². The van der Waals surface area contributed by atoms with E-state index in [1.165, 1.54) is 38.5 Å². The van der Waals surface area contributed by atoms with Crippen LogP contribution in [0.3, 0.4) is 0 Å². The minimum atomic E-state index is 0.0393. The van der Waals surface area contributed by atoms with Crippen LogP contribution in [0.1, 0.15) is 65.2 Å². The molecule has 0 amide bonds. The summed E-state index contributed by atoms with van der Waals surface area (Å²) in [5.41, 5.74) is 0.547. The molecule has 0 aromatic carbocycles. The van der Waals surface area contributed by atoms with Gasteiger partial charge in [-0.2, -0.15) is 0 Å². The average Bonchev–Trinajstić information content (AvgIpc) is 3.12. The zero-order valence-corrected chi connectivity index (χ0v) is 13.4. The zero-order valence-electron chi connectivity index (χ0n) is 13.4. The molecule has 1 heterocycles. The zero-order chi connectivity index (χ0) is 14.4. The van der Waals surface area contributed by atoms with Crippen LogP contribution in [0.2, 0.25) is 0 Å². The average molecular weight is 288 g/mol. The molecule has 5 rings (SSSR count). The second-order valence-corrected chi connectivity index (χ2v) is 9.23. The first kappa shape index (κ1) is 13.1. The summed E-state index contributed by atoms with van der Waals surface area (Å²) >= 11 is 0. The van der Waals surface area contributed by atoms with Crippen LogP contribution in [0.4, 0.5) is 0 Å². The second kappa shape index (κ2) is 3.93. The van der Waals surface area contributed by atoms with Gasteiger partial charge in [-0.05, 0) is 74.0 Å². The van der Waals surface area contributed by atoms with Crippen LogP contribution in [-0.4, -0.2) is 18.0 Å². The maximum atomic E-state index is 12.4. The first-order valence-electron chi connectivity index (χ1n) is 9.21. The molecule has 0 bridgehead atoms. The first-order chi connectivity index (χ1) is 10.0. The summed E-state index contributed by atoms with van der Waals surface area (Å²) in [5.74, 6) is 3.85. The third-order valence-electron chi connectivity index (χ3n) is 8.62. The first-order valence-corrected chi connectivity index (χ1v) is 9.21. The molecule has 5 fully saturated rings. The van der Waals surface area contributed by atoms with Crippen molar-refractivity contribution in [1.82, 2.24) is 0 Å². The maximum Gasteiger partial charge on any atom is 0.139 e. The Morgan fingerprint density at radius 3 is 2.76 bits per heavy atom. The third kappa shape index (κ3) is 1.56. The molecular weight excluding hydrogens is 260 g/mol. The van der Waals surface area contributed by atoms with Crippen molar-refractivity contribution in [2.24, 2.45) is 34.5 Å². The largest absolute Gasteiger partial charge is 0.370 e. The standard InChI is InChI=1S/C19H28O2/c1-18-8-7-14-12(13(18)5-6-17(18)20)4-3-11-9-15-16(21-15)10-19(11,14)2/h11-16H,3-10H2,1-2H3/t11-,12-,13-,14-,15-,16?,18-,19-/m0/s1. The van der Waals surface area contributed by atoms with Crippen molar-refractivity contribution in [3.63, 3.8) is 0 Å². The lowest BCUT2D eigenvalue weighted by molar-refractivity contribution is -0.137. The van der Waals surface area contributed by atoms with Crippen LogP contribution in [-0.2, 0) is 9.53 Å². The highest BCUT2D eigenvalue weighted by atomic mass is 16.6. The number of rotatable bonds is 0. The van der Waals surface area contributed by atoms with E-state index in [1.54, 1.807) is 0 Å². The fourth-order valence-electron chi connectivity index (χ4n) is 7.29. The van der Waals surface area contributed by atoms with Gasteiger partial charge in [0.15, 0.2) is 0 Å². The van der Waals surface area contributed by atoms with E-state index >= 15 is 0 Å². The lowest BCUT2D eigenvalue weighted by Gasteiger charge is -2.59. The highest BCUT2D eigenvalue weighted by Gasteiger charge is 2.63. The highest BCUT2D eigenvalue weighted by molar-refractivity contribution is 5.87. The van der Waals surface area contributed by atoms with Crippen molar-refractivity contribution < 1.29 is 9.53 Å². The van der Waals surface area contributed by atoms with E-state index < -0.39 is 0 Å². The Morgan fingerprint density at radius 2 is 1.90 bits per heavy atom. The van der Waals surface area contributed by atoms with E-state index in [-0.39, 0.29) is 5.41 Å². The summed E-state index contributed by atoms with van der Waals surface area (Å²) in [6, 6.07) is 0. The molecule has 21 heavy (non-hydrogen) atoms. The Labute approximate surface area is 128 Å². The van der Waals surface area contributed by atoms with Gasteiger partial charge in [0.1, 0.15) is 5.78 Å². The Bertz CT molecular complexity index is 500. The molecule has 1 saturated heterocycles. The number of fused-ring (bicyclic) bond motifs is 6. The Hall–Kier alpha value is -0.370. The molecule has 0 aromatic rings. The molecule has 4 aliphatic carbocycles. The van der Waals surface area contributed by atoms with Crippen molar-refractivity contribution in [1.29, 1.82) is 0 Å². The molecule has 2 heteroatoms. The van der Waals surface area contributed by atoms with Gasteiger partial charge in [-0.15, -0.1) is 0 Å². The molecule has 0 aromatic heterocycles. The van der Waals surface area contributed by atoms with E-state index in [0.717, 1.165) is 30.6 Å². The molecule has 4 saturated carbocycles. The van der Waals surface area contributed by atoms with Crippen LogP contribution < -0.4 is 0 Å². The minimum absolute atomic E-state index is 0.0393. The highest BCUT2D eigenvalue weighted by Crippen LogP contribution is 2.67. The van der Waals surface area contributed by atoms with Gasteiger partial charge in [0.25, 0.3) is 0 Å². The summed E-state index contributed by atoms with van der Waals surface area (Å²) in [6.07, 6.45) is 11.1. The Kier molecular flexibility index (Phi) is 2.45. The van der Waals surface area contributed by atoms with Gasteiger partial charge in [-0.3, -0.25) is 4.79 Å². The molecule has 0 N–H and O–H groups in total. The summed E-state index contributed by atoms with van der Waals surface area (Å²) in [4.78, 5) is 12.4. The molecule has 0 spiro atoms. The van der Waals surface area contributed by atoms with E-state index in [0.29, 0.717) is 29.3 Å². The van der Waals surface area contributed by atoms with Crippen molar-refractivity contribution in [3.05, 3.63) is 0 Å². The number of carbonyl (C=O) groups is 1. The van der Waals surface area contributed by atoms with Crippen molar-refractivity contribution in [2.75, 3.05) is 0 Å². The van der Waals surface area contributed by atoms with Gasteiger partial charge in [0, 0.05) is 11.8 Å². The van der Waals surface area contributed by atoms with Gasteiger partial charge < -0.3 is 4.74 Å². The Balaban J connectivity index is 1.49. The molecule has 1 aliphatic heterocycles. The normalized spacial score (nSPS) is 61.5. The number of hydrogen-bond donors (Lipinski definition) is 0. The summed E-state index contributed by atoms with van der Waals surface area (Å²) < 4.78 is 5.88. The summed E-state index contributed by atoms with van der Waals surface area (Å²) in [7, 11) is 0. The number of epoxide rings is 1. The number of hydrogen-bond acceptors (Lipinski definition) is 2. The number of ketones is 1. The molecule has 0 radical (unpaired) electrons. The van der Waals surface area contributed by atoms with Gasteiger partial charge >= 0.3 is 0 Å². The molecular formula is C19H28O2. The Morgan fingerprint density at radius 1 is 1.05 bits per heavy atom. The summed E-state index contributed by atoms with van der Waals surface area (Å²) in [5, 5.41) is 0. The lowest BCUT2D eigenvalue weighted by Crippen LogP contribution is -2.53. The third-order valence-corrected chi connectivity index (χ3v) is 8.62. The van der Waals surface area contributed by atoms with Crippen LogP contribution in [0, 0.1) is 34.5 Å². The van der Waals surface area contributed by atoms with Crippen LogP contribution >= 0.6 is 0 Å². The molecule has 5 aliphatic rings. The summed E-state index contributed by atoms with van der Waals surface area (Å²) in [6.45, 7) is 4.87. The van der Waals surface area contributed by atoms with Gasteiger partial charge in [0.2, 0.25) is 0 Å². The fourth-order valence-corrected chi connectivity index (χ4v) is 7.29. The molecule has 8 atom stereocenters. The van der Waals surface area contributed by atoms with Crippen LogP contribution in [0.25, 0.3) is 0 Å². The van der Waals surface area contributed by atoms with Crippen LogP contribution in [0.5, 0.6) is 0 Å². The van der Waals surface area contributed by atoms with E-state index in [1.807, 2.05) is 0 Å². The predicted octanol–water partition coefficient (Wildman–Crippen LogP) is 3.98. The molecule has 1 unspecified atom stereocenters. The lowest BCUT2D eigenvalue weighted by atomic mass is 9.45. The second-order valence-electron chi connectivity index (χ2n) is 9.23. The van der Waals surface area contributed by atoms with Crippen LogP contribution in [0.15, 0.2) is 0 Å². The quantitative estimate of drug-likeness (QED) is 0.631. The van der Waals surface area contributed by atoms with Gasteiger partial charge in [-0.25, -0.2) is 0 Å². The smallest absolute Gasteiger partial charge is 0.139 e. The number of carbonyl (C=O) groups excluding carboxylic acids is 1. The topological polar surface area (TPSA) is 29.6 Å². The van der Waals surface area contributed by atoms with Crippen molar-refractivity contribution in [3.8, 4) is 0 Å². The maximum absolute atomic E-state index is 12.4. The van der Waals surface area contributed by atoms with Gasteiger partial charge in [0.05, 0.1) is 12.2 Å². The monoisotopic (exact) mass is 288 g/mol. The van der Waals surface area contributed by atoms with Crippen molar-refractivity contribution in [2.45, 2.75) is 77.4 Å². The molecule has 2 nitrogen and oxygen atoms in total. The SMILES string of the molecule is C[C@]12CC3O[C@H]3C[C@@H]1CC[C@@H]1[C@@H]2CC[C@]2(C)C(=O)CC[C@@H]12. The predicted molar refractivity (Wildman–Crippen MR) is 80.8 cm³/mol.